The Morgan fingerprint density at radius 2 is 1.71 bits per heavy atom. The van der Waals surface area contributed by atoms with E-state index >= 15 is 0 Å². The molecule has 0 spiro atoms. The van der Waals surface area contributed by atoms with Crippen molar-refractivity contribution in [3.63, 3.8) is 0 Å². The van der Waals surface area contributed by atoms with E-state index in [-0.39, 0.29) is 5.41 Å². The van der Waals surface area contributed by atoms with Gasteiger partial charge in [0.1, 0.15) is 0 Å². The molecule has 0 bridgehead atoms. The summed E-state index contributed by atoms with van der Waals surface area (Å²) in [5, 5.41) is 8.08. The second kappa shape index (κ2) is 6.99. The van der Waals surface area contributed by atoms with E-state index in [0.717, 1.165) is 25.7 Å². The molecule has 1 heterocycles. The van der Waals surface area contributed by atoms with Crippen LogP contribution in [-0.4, -0.2) is 4.57 Å². The first-order valence-electron chi connectivity index (χ1n) is 12.6. The quantitative estimate of drug-likeness (QED) is 0.373. The average Bonchev–Trinajstić information content (AvgIpc) is 3.28. The summed E-state index contributed by atoms with van der Waals surface area (Å²) in [7, 11) is 2.22. The Bertz CT molecular complexity index is 1660. The molecule has 0 saturated heterocycles. The lowest BCUT2D eigenvalue weighted by molar-refractivity contribution is 0.660. The SMILES string of the molecule is Cn1c2c(c3c4c(c(Nc5ccc6c(c5)C(C)(C)c5ccccc5-6)cc31)CCC=C4)=CCCC=2. The summed E-state index contributed by atoms with van der Waals surface area (Å²) >= 11 is 0. The molecule has 1 aromatic heterocycles. The highest BCUT2D eigenvalue weighted by Gasteiger charge is 2.35. The highest BCUT2D eigenvalue weighted by Crippen LogP contribution is 2.49. The minimum Gasteiger partial charge on any atom is -0.355 e. The van der Waals surface area contributed by atoms with Crippen molar-refractivity contribution in [2.45, 2.75) is 44.9 Å². The summed E-state index contributed by atoms with van der Waals surface area (Å²) < 4.78 is 2.39. The Morgan fingerprint density at radius 1 is 0.882 bits per heavy atom. The molecule has 1 N–H and O–H groups in total. The number of anilines is 2. The summed E-state index contributed by atoms with van der Waals surface area (Å²) in [6.45, 7) is 4.70. The van der Waals surface area contributed by atoms with Crippen molar-refractivity contribution in [1.82, 2.24) is 4.57 Å². The molecular weight excluding hydrogens is 412 g/mol. The number of nitrogens with one attached hydrogen (secondary N) is 1. The van der Waals surface area contributed by atoms with Gasteiger partial charge in [-0.25, -0.2) is 0 Å². The van der Waals surface area contributed by atoms with E-state index in [9.17, 15) is 0 Å². The van der Waals surface area contributed by atoms with Crippen LogP contribution in [0.5, 0.6) is 0 Å². The summed E-state index contributed by atoms with van der Waals surface area (Å²) in [6, 6.07) is 18.2. The molecule has 34 heavy (non-hydrogen) atoms. The first-order chi connectivity index (χ1) is 16.5. The number of rotatable bonds is 2. The van der Waals surface area contributed by atoms with E-state index in [2.05, 4.69) is 104 Å². The Balaban J connectivity index is 1.40. The molecule has 3 aromatic carbocycles. The predicted molar refractivity (Wildman–Crippen MR) is 145 cm³/mol. The van der Waals surface area contributed by atoms with E-state index in [1.54, 1.807) is 0 Å². The molecule has 0 unspecified atom stereocenters. The van der Waals surface area contributed by atoms with E-state index in [0.29, 0.717) is 0 Å². The number of allylic oxidation sites excluding steroid dienone is 1. The van der Waals surface area contributed by atoms with Gasteiger partial charge in [0.05, 0.1) is 5.52 Å². The van der Waals surface area contributed by atoms with E-state index < -0.39 is 0 Å². The summed E-state index contributed by atoms with van der Waals surface area (Å²) in [5.74, 6) is 0. The smallest absolute Gasteiger partial charge is 0.0515 e. The van der Waals surface area contributed by atoms with Gasteiger partial charge in [0.2, 0.25) is 0 Å². The number of hydrogen-bond acceptors (Lipinski definition) is 1. The van der Waals surface area contributed by atoms with Crippen molar-refractivity contribution in [3.05, 3.63) is 87.4 Å². The van der Waals surface area contributed by atoms with Crippen molar-refractivity contribution in [2.24, 2.45) is 7.05 Å². The maximum atomic E-state index is 3.86. The van der Waals surface area contributed by atoms with Gasteiger partial charge in [-0.15, -0.1) is 0 Å². The largest absolute Gasteiger partial charge is 0.355 e. The summed E-state index contributed by atoms with van der Waals surface area (Å²) in [6.07, 6.45) is 14.0. The van der Waals surface area contributed by atoms with Crippen LogP contribution in [0.3, 0.4) is 0 Å². The van der Waals surface area contributed by atoms with Gasteiger partial charge in [0.15, 0.2) is 0 Å². The van der Waals surface area contributed by atoms with Crippen molar-refractivity contribution in [2.75, 3.05) is 5.32 Å². The average molecular weight is 443 g/mol. The molecule has 3 aliphatic rings. The third-order valence-corrected chi connectivity index (χ3v) is 8.29. The van der Waals surface area contributed by atoms with Gasteiger partial charge in [-0.3, -0.25) is 0 Å². The molecule has 168 valence electrons. The lowest BCUT2D eigenvalue weighted by Crippen LogP contribution is -2.29. The molecule has 2 heteroatoms. The van der Waals surface area contributed by atoms with Gasteiger partial charge in [-0.05, 0) is 77.3 Å². The fourth-order valence-corrected chi connectivity index (χ4v) is 6.55. The van der Waals surface area contributed by atoms with Crippen LogP contribution in [0, 0.1) is 0 Å². The normalized spacial score (nSPS) is 16.8. The van der Waals surface area contributed by atoms with Gasteiger partial charge in [0.25, 0.3) is 0 Å². The maximum absolute atomic E-state index is 3.86. The van der Waals surface area contributed by atoms with E-state index in [4.69, 9.17) is 0 Å². The van der Waals surface area contributed by atoms with Gasteiger partial charge >= 0.3 is 0 Å². The third kappa shape index (κ3) is 2.63. The fourth-order valence-electron chi connectivity index (χ4n) is 6.55. The van der Waals surface area contributed by atoms with Crippen LogP contribution in [0.15, 0.2) is 54.6 Å². The van der Waals surface area contributed by atoms with Crippen LogP contribution in [-0.2, 0) is 18.9 Å². The van der Waals surface area contributed by atoms with Gasteiger partial charge in [-0.2, -0.15) is 0 Å². The number of nitrogens with zero attached hydrogens (tertiary/aromatic N) is 1. The zero-order valence-corrected chi connectivity index (χ0v) is 20.2. The minimum atomic E-state index is 0.0125. The number of aryl methyl sites for hydroxylation is 1. The second-order valence-corrected chi connectivity index (χ2v) is 10.6. The molecule has 4 aromatic rings. The van der Waals surface area contributed by atoms with Crippen LogP contribution in [0.25, 0.3) is 40.3 Å². The molecule has 0 radical (unpaired) electrons. The molecule has 3 aliphatic carbocycles. The number of benzene rings is 3. The third-order valence-electron chi connectivity index (χ3n) is 8.29. The molecule has 7 rings (SSSR count). The predicted octanol–water partition coefficient (Wildman–Crippen LogP) is 6.54. The molecule has 0 aliphatic heterocycles. The molecule has 0 atom stereocenters. The summed E-state index contributed by atoms with van der Waals surface area (Å²) in [4.78, 5) is 0. The van der Waals surface area contributed by atoms with Crippen molar-refractivity contribution in [3.8, 4) is 11.1 Å². The van der Waals surface area contributed by atoms with Crippen molar-refractivity contribution >= 4 is 40.5 Å². The minimum absolute atomic E-state index is 0.0125. The standard InChI is InChI=1S/C32H30N2/c1-32(2)26-14-8-6-10-21(26)22-17-16-20(18-27(22)32)33-28-19-30-31(24-12-5-4-11-23(24)28)25-13-7-9-15-29(25)34(30)3/h5-6,8,10,12-19,33H,4,7,9,11H2,1-3H3. The van der Waals surface area contributed by atoms with Crippen LogP contribution in [0.2, 0.25) is 0 Å². The lowest BCUT2D eigenvalue weighted by atomic mass is 9.82. The van der Waals surface area contributed by atoms with Crippen LogP contribution < -0.4 is 15.9 Å². The Morgan fingerprint density at radius 3 is 2.62 bits per heavy atom. The van der Waals surface area contributed by atoms with E-state index in [1.165, 1.54) is 66.2 Å². The van der Waals surface area contributed by atoms with Gasteiger partial charge < -0.3 is 9.88 Å². The highest BCUT2D eigenvalue weighted by atomic mass is 14.9. The number of fused-ring (bicyclic) bond motifs is 8. The fraction of sp³-hybridized carbons (Fsp3) is 0.250. The zero-order chi connectivity index (χ0) is 23.0. The number of hydrogen-bond donors (Lipinski definition) is 1. The Kier molecular flexibility index (Phi) is 4.09. The van der Waals surface area contributed by atoms with Crippen LogP contribution in [0.1, 0.15) is 55.4 Å². The summed E-state index contributed by atoms with van der Waals surface area (Å²) in [5.41, 5.74) is 12.2. The second-order valence-electron chi connectivity index (χ2n) is 10.6. The van der Waals surface area contributed by atoms with E-state index in [1.807, 2.05) is 0 Å². The molecule has 0 fully saturated rings. The first kappa shape index (κ1) is 19.9. The molecule has 0 amide bonds. The van der Waals surface area contributed by atoms with Gasteiger partial charge in [0, 0.05) is 39.8 Å². The Hall–Kier alpha value is -3.52. The van der Waals surface area contributed by atoms with Gasteiger partial charge in [-0.1, -0.05) is 68.5 Å². The van der Waals surface area contributed by atoms with Crippen LogP contribution in [0.4, 0.5) is 11.4 Å². The van der Waals surface area contributed by atoms with Crippen LogP contribution >= 0.6 is 0 Å². The molecule has 0 saturated carbocycles. The zero-order valence-electron chi connectivity index (χ0n) is 20.2. The monoisotopic (exact) mass is 442 g/mol. The number of aromatic nitrogens is 1. The molecular formula is C32H30N2. The first-order valence-corrected chi connectivity index (χ1v) is 12.6. The topological polar surface area (TPSA) is 17.0 Å². The maximum Gasteiger partial charge on any atom is 0.0515 e. The Labute approximate surface area is 200 Å². The van der Waals surface area contributed by atoms with Crippen molar-refractivity contribution in [1.29, 1.82) is 0 Å². The van der Waals surface area contributed by atoms with Crippen molar-refractivity contribution < 1.29 is 0 Å². The lowest BCUT2D eigenvalue weighted by Gasteiger charge is -2.23. The molecule has 2 nitrogen and oxygen atoms in total. The highest BCUT2D eigenvalue weighted by molar-refractivity contribution is 5.97.